The Morgan fingerprint density at radius 1 is 1.02 bits per heavy atom. The van der Waals surface area contributed by atoms with Crippen molar-refractivity contribution in [3.63, 3.8) is 0 Å². The molecule has 2 unspecified atom stereocenters. The van der Waals surface area contributed by atoms with Gasteiger partial charge >= 0.3 is 0 Å². The van der Waals surface area contributed by atoms with Crippen molar-refractivity contribution in [3.8, 4) is 0 Å². The molecule has 2 aromatic rings. The molecule has 0 saturated carbocycles. The lowest BCUT2D eigenvalue weighted by Gasteiger charge is -2.37. The number of hydrogen-bond acceptors (Lipinski definition) is 5. The van der Waals surface area contributed by atoms with Gasteiger partial charge in [-0.1, -0.05) is 48.6 Å². The van der Waals surface area contributed by atoms with E-state index in [1.165, 1.54) is 4.90 Å². The van der Waals surface area contributed by atoms with Crippen molar-refractivity contribution >= 4 is 29.1 Å². The number of para-hydroxylation sites is 2. The van der Waals surface area contributed by atoms with Gasteiger partial charge in [-0.3, -0.25) is 14.4 Å². The minimum Gasteiger partial charge on any atom is -0.395 e. The normalized spacial score (nSPS) is 26.5. The molecular formula is C32H37N3O5. The number of anilines is 2. The van der Waals surface area contributed by atoms with Gasteiger partial charge in [0.25, 0.3) is 5.91 Å². The van der Waals surface area contributed by atoms with E-state index in [1.807, 2.05) is 62.4 Å². The molecule has 3 saturated heterocycles. The second-order valence-electron chi connectivity index (χ2n) is 10.9. The minimum atomic E-state index is -1.15. The molecule has 2 bridgehead atoms. The molecule has 210 valence electrons. The Morgan fingerprint density at radius 3 is 2.30 bits per heavy atom. The first-order chi connectivity index (χ1) is 19.3. The molecule has 3 heterocycles. The largest absolute Gasteiger partial charge is 0.395 e. The van der Waals surface area contributed by atoms with Gasteiger partial charge in [-0.2, -0.15) is 0 Å². The highest BCUT2D eigenvalue weighted by Crippen LogP contribution is 2.59. The lowest BCUT2D eigenvalue weighted by molar-refractivity contribution is -0.141. The lowest BCUT2D eigenvalue weighted by Crippen LogP contribution is -2.57. The summed E-state index contributed by atoms with van der Waals surface area (Å²) in [5, 5.41) is 9.94. The molecule has 40 heavy (non-hydrogen) atoms. The Kier molecular flexibility index (Phi) is 7.66. The van der Waals surface area contributed by atoms with E-state index in [1.54, 1.807) is 22.0 Å². The van der Waals surface area contributed by atoms with E-state index in [2.05, 4.69) is 13.2 Å². The summed E-state index contributed by atoms with van der Waals surface area (Å²) in [6.07, 6.45) is 3.90. The van der Waals surface area contributed by atoms with Gasteiger partial charge in [0, 0.05) is 31.0 Å². The molecule has 8 heteroatoms. The molecule has 0 aliphatic carbocycles. The van der Waals surface area contributed by atoms with Crippen LogP contribution in [-0.2, 0) is 19.1 Å². The summed E-state index contributed by atoms with van der Waals surface area (Å²) in [4.78, 5) is 47.6. The van der Waals surface area contributed by atoms with E-state index in [4.69, 9.17) is 4.74 Å². The van der Waals surface area contributed by atoms with Crippen LogP contribution in [0.2, 0.25) is 0 Å². The second kappa shape index (κ2) is 11.0. The van der Waals surface area contributed by atoms with Crippen LogP contribution in [0, 0.1) is 25.7 Å². The van der Waals surface area contributed by atoms with Gasteiger partial charge in [0.05, 0.1) is 24.5 Å². The van der Waals surface area contributed by atoms with Crippen LogP contribution in [0.25, 0.3) is 0 Å². The molecule has 0 aromatic heterocycles. The van der Waals surface area contributed by atoms with Gasteiger partial charge in [0.1, 0.15) is 11.6 Å². The van der Waals surface area contributed by atoms with Crippen LogP contribution in [0.5, 0.6) is 0 Å². The number of rotatable bonds is 10. The monoisotopic (exact) mass is 543 g/mol. The SMILES string of the molecule is C=CCN(C(=O)[C@@H]1[C@H]2C(=O)N(CCO)C(C(=O)N(CC=C)c3c(C)cccc3C)C23CC[C@H]1O3)c1ccccc1. The first-order valence-electron chi connectivity index (χ1n) is 13.9. The van der Waals surface area contributed by atoms with Crippen LogP contribution in [0.1, 0.15) is 24.0 Å². The van der Waals surface area contributed by atoms with Crippen LogP contribution in [0.15, 0.2) is 73.8 Å². The number of aliphatic hydroxyl groups excluding tert-OH is 1. The molecule has 3 fully saturated rings. The standard InChI is InChI=1S/C32H37N3O5/c1-5-17-33(23-13-8-7-9-14-23)29(37)25-24-15-16-32(40-24)26(25)30(38)35(19-20-36)28(32)31(39)34(18-6-2)27-21(3)11-10-12-22(27)4/h5-14,24-26,28,36H,1-2,15-20H2,3-4H3/t24-,25+,26+,28?,32?/m1/s1. The lowest BCUT2D eigenvalue weighted by atomic mass is 9.70. The Labute approximate surface area is 235 Å². The minimum absolute atomic E-state index is 0.0217. The van der Waals surface area contributed by atoms with E-state index < -0.39 is 29.6 Å². The molecule has 3 aliphatic rings. The van der Waals surface area contributed by atoms with Crippen LogP contribution in [-0.4, -0.2) is 71.7 Å². The van der Waals surface area contributed by atoms with Gasteiger partial charge in [0.2, 0.25) is 11.8 Å². The molecule has 5 rings (SSSR count). The van der Waals surface area contributed by atoms with Crippen LogP contribution in [0.4, 0.5) is 11.4 Å². The van der Waals surface area contributed by atoms with Crippen LogP contribution in [0.3, 0.4) is 0 Å². The van der Waals surface area contributed by atoms with Gasteiger partial charge in [-0.05, 0) is 49.9 Å². The topological polar surface area (TPSA) is 90.4 Å². The Hall–Kier alpha value is -3.75. The third-order valence-corrected chi connectivity index (χ3v) is 8.59. The predicted molar refractivity (Wildman–Crippen MR) is 154 cm³/mol. The zero-order valence-corrected chi connectivity index (χ0v) is 23.2. The maximum atomic E-state index is 14.5. The number of nitrogens with zero attached hydrogens (tertiary/aromatic N) is 3. The number of aryl methyl sites for hydroxylation is 2. The molecule has 3 amide bonds. The Balaban J connectivity index is 1.57. The van der Waals surface area contributed by atoms with E-state index in [0.29, 0.717) is 18.5 Å². The fourth-order valence-electron chi connectivity index (χ4n) is 7.10. The van der Waals surface area contributed by atoms with E-state index in [9.17, 15) is 19.5 Å². The highest BCUT2D eigenvalue weighted by Gasteiger charge is 2.75. The van der Waals surface area contributed by atoms with Gasteiger partial charge in [-0.25, -0.2) is 0 Å². The first-order valence-corrected chi connectivity index (χ1v) is 13.9. The average molecular weight is 544 g/mol. The maximum absolute atomic E-state index is 14.5. The van der Waals surface area contributed by atoms with Crippen molar-refractivity contribution in [2.45, 2.75) is 44.4 Å². The van der Waals surface area contributed by atoms with Crippen molar-refractivity contribution in [3.05, 3.63) is 85.0 Å². The van der Waals surface area contributed by atoms with Crippen LogP contribution < -0.4 is 9.80 Å². The van der Waals surface area contributed by atoms with Crippen LogP contribution >= 0.6 is 0 Å². The molecule has 1 spiro atoms. The summed E-state index contributed by atoms with van der Waals surface area (Å²) in [7, 11) is 0. The molecule has 3 aliphatic heterocycles. The zero-order chi connectivity index (χ0) is 28.6. The quantitative estimate of drug-likeness (QED) is 0.464. The summed E-state index contributed by atoms with van der Waals surface area (Å²) < 4.78 is 6.60. The number of ether oxygens (including phenoxy) is 1. The third kappa shape index (κ3) is 4.26. The Morgan fingerprint density at radius 2 is 1.68 bits per heavy atom. The Bertz CT molecular complexity index is 1310. The summed E-state index contributed by atoms with van der Waals surface area (Å²) in [6.45, 7) is 11.8. The smallest absolute Gasteiger partial charge is 0.253 e. The molecule has 5 atom stereocenters. The maximum Gasteiger partial charge on any atom is 0.253 e. The van der Waals surface area contributed by atoms with Crippen molar-refractivity contribution in [1.82, 2.24) is 4.90 Å². The summed E-state index contributed by atoms with van der Waals surface area (Å²) >= 11 is 0. The molecule has 0 radical (unpaired) electrons. The number of carbonyl (C=O) groups excluding carboxylic acids is 3. The number of likely N-dealkylation sites (tertiary alicyclic amines) is 1. The molecule has 2 aromatic carbocycles. The van der Waals surface area contributed by atoms with Crippen molar-refractivity contribution in [1.29, 1.82) is 0 Å². The number of β-amino-alcohol motifs (C(OH)–C–C–N with tert-alkyl or cyclic N) is 1. The van der Waals surface area contributed by atoms with Crippen molar-refractivity contribution in [2.75, 3.05) is 36.0 Å². The molecular weight excluding hydrogens is 506 g/mol. The molecule has 1 N–H and O–H groups in total. The van der Waals surface area contributed by atoms with E-state index >= 15 is 0 Å². The predicted octanol–water partition coefficient (Wildman–Crippen LogP) is 3.41. The van der Waals surface area contributed by atoms with Gasteiger partial charge in [-0.15, -0.1) is 13.2 Å². The zero-order valence-electron chi connectivity index (χ0n) is 23.2. The average Bonchev–Trinajstić information content (AvgIpc) is 3.59. The number of hydrogen-bond donors (Lipinski definition) is 1. The number of fused-ring (bicyclic) bond motifs is 1. The van der Waals surface area contributed by atoms with Crippen molar-refractivity contribution < 1.29 is 24.2 Å². The number of amides is 3. The second-order valence-corrected chi connectivity index (χ2v) is 10.9. The fraction of sp³-hybridized carbons (Fsp3) is 0.406. The van der Waals surface area contributed by atoms with E-state index in [0.717, 1.165) is 16.8 Å². The number of benzene rings is 2. The summed E-state index contributed by atoms with van der Waals surface area (Å²) in [6, 6.07) is 14.2. The summed E-state index contributed by atoms with van der Waals surface area (Å²) in [5.41, 5.74) is 2.18. The highest BCUT2D eigenvalue weighted by atomic mass is 16.5. The highest BCUT2D eigenvalue weighted by molar-refractivity contribution is 6.07. The van der Waals surface area contributed by atoms with Gasteiger partial charge < -0.3 is 24.5 Å². The third-order valence-electron chi connectivity index (χ3n) is 8.59. The molecule has 8 nitrogen and oxygen atoms in total. The fourth-order valence-corrected chi connectivity index (χ4v) is 7.10. The van der Waals surface area contributed by atoms with Crippen molar-refractivity contribution in [2.24, 2.45) is 11.8 Å². The van der Waals surface area contributed by atoms with E-state index in [-0.39, 0.29) is 44.0 Å². The number of aliphatic hydroxyl groups is 1. The van der Waals surface area contributed by atoms with Gasteiger partial charge in [0.15, 0.2) is 0 Å². The first kappa shape index (κ1) is 27.8. The summed E-state index contributed by atoms with van der Waals surface area (Å²) in [5.74, 6) is -2.39. The number of carbonyl (C=O) groups is 3.